The molecule has 0 saturated heterocycles. The molecule has 0 N–H and O–H groups in total. The molecule has 358 valence electrons. The average Bonchev–Trinajstić information content (AvgIpc) is 3.31. The van der Waals surface area contributed by atoms with Crippen LogP contribution in [0.5, 0.6) is 34.5 Å². The summed E-state index contributed by atoms with van der Waals surface area (Å²) >= 11 is 0. The standard InChI is InChI=1S/C48H50F8O10/c1-3-5-7-15-27-61-31-23-19-29(20-24-31)47(59)65-45-39(53)35(49)43(36(50)40(45)54)63-33(57)17-13-11-9-10-12-14-18-34(58)64-44-37(51)41(55)46(42(56)38(44)52)66-48(60)30-21-25-32(26-22-30)62-28-16-8-6-4-2/h19-26H,3-18,27-28H2,1-2H3. The zero-order valence-corrected chi connectivity index (χ0v) is 36.5. The maximum Gasteiger partial charge on any atom is 0.343 e. The topological polar surface area (TPSA) is 124 Å². The Bertz CT molecular complexity index is 2050. The zero-order valence-electron chi connectivity index (χ0n) is 36.5. The van der Waals surface area contributed by atoms with Crippen molar-refractivity contribution in [1.29, 1.82) is 0 Å². The first-order valence-electron chi connectivity index (χ1n) is 21.7. The van der Waals surface area contributed by atoms with E-state index in [-0.39, 0.29) is 24.0 Å². The van der Waals surface area contributed by atoms with Crippen molar-refractivity contribution in [3.63, 3.8) is 0 Å². The van der Waals surface area contributed by atoms with Crippen LogP contribution in [0, 0.1) is 46.5 Å². The van der Waals surface area contributed by atoms with Gasteiger partial charge in [0.05, 0.1) is 24.3 Å². The third kappa shape index (κ3) is 15.2. The molecule has 0 amide bonds. The second-order valence-electron chi connectivity index (χ2n) is 15.0. The molecule has 18 heteroatoms. The largest absolute Gasteiger partial charge is 0.494 e. The van der Waals surface area contributed by atoms with Gasteiger partial charge < -0.3 is 28.4 Å². The number of esters is 4. The average molecular weight is 939 g/mol. The molecule has 4 aromatic rings. The quantitative estimate of drug-likeness (QED) is 0.0188. The van der Waals surface area contributed by atoms with Crippen molar-refractivity contribution in [1.82, 2.24) is 0 Å². The van der Waals surface area contributed by atoms with Crippen molar-refractivity contribution in [2.75, 3.05) is 13.2 Å². The summed E-state index contributed by atoms with van der Waals surface area (Å²) in [7, 11) is 0. The number of ether oxygens (including phenoxy) is 6. The molecular weight excluding hydrogens is 889 g/mol. The Hall–Kier alpha value is -6.20. The first kappa shape index (κ1) is 52.4. The molecule has 0 aliphatic heterocycles. The van der Waals surface area contributed by atoms with E-state index < -0.39 is 106 Å². The van der Waals surface area contributed by atoms with Crippen LogP contribution in [0.4, 0.5) is 35.1 Å². The smallest absolute Gasteiger partial charge is 0.343 e. The van der Waals surface area contributed by atoms with Crippen LogP contribution in [-0.4, -0.2) is 37.1 Å². The Morgan fingerprint density at radius 2 is 0.636 bits per heavy atom. The van der Waals surface area contributed by atoms with E-state index in [0.717, 1.165) is 51.4 Å². The molecule has 0 spiro atoms. The van der Waals surface area contributed by atoms with E-state index in [9.17, 15) is 54.3 Å². The Labute approximate surface area is 376 Å². The first-order chi connectivity index (χ1) is 31.7. The fraction of sp³-hybridized carbons (Fsp3) is 0.417. The van der Waals surface area contributed by atoms with Gasteiger partial charge in [0.25, 0.3) is 0 Å². The van der Waals surface area contributed by atoms with Crippen LogP contribution in [0.25, 0.3) is 0 Å². The summed E-state index contributed by atoms with van der Waals surface area (Å²) in [5, 5.41) is 0. The van der Waals surface area contributed by atoms with Gasteiger partial charge in [0.2, 0.25) is 69.5 Å². The lowest BCUT2D eigenvalue weighted by Gasteiger charge is -2.12. The summed E-state index contributed by atoms with van der Waals surface area (Å²) in [6.45, 7) is 5.00. The van der Waals surface area contributed by atoms with E-state index in [1.54, 1.807) is 0 Å². The van der Waals surface area contributed by atoms with Gasteiger partial charge >= 0.3 is 23.9 Å². The third-order valence-electron chi connectivity index (χ3n) is 9.91. The number of benzene rings is 4. The van der Waals surface area contributed by atoms with Crippen LogP contribution in [0.1, 0.15) is 137 Å². The summed E-state index contributed by atoms with van der Waals surface area (Å²) in [5.74, 6) is -27.8. The lowest BCUT2D eigenvalue weighted by atomic mass is 10.1. The highest BCUT2D eigenvalue weighted by molar-refractivity contribution is 5.92. The maximum atomic E-state index is 14.8. The second-order valence-corrected chi connectivity index (χ2v) is 15.0. The van der Waals surface area contributed by atoms with Crippen molar-refractivity contribution in [2.24, 2.45) is 0 Å². The van der Waals surface area contributed by atoms with Crippen LogP contribution in [-0.2, 0) is 9.59 Å². The van der Waals surface area contributed by atoms with Crippen molar-refractivity contribution in [3.05, 3.63) is 106 Å². The van der Waals surface area contributed by atoms with E-state index in [1.807, 2.05) is 0 Å². The van der Waals surface area contributed by atoms with Gasteiger partial charge in [0.1, 0.15) is 11.5 Å². The van der Waals surface area contributed by atoms with Gasteiger partial charge in [-0.15, -0.1) is 0 Å². The predicted octanol–water partition coefficient (Wildman–Crippen LogP) is 12.8. The van der Waals surface area contributed by atoms with Crippen molar-refractivity contribution in [2.45, 2.75) is 117 Å². The Morgan fingerprint density at radius 1 is 0.364 bits per heavy atom. The number of hydrogen-bond acceptors (Lipinski definition) is 10. The Kier molecular flexibility index (Phi) is 21.2. The number of halogens is 8. The summed E-state index contributed by atoms with van der Waals surface area (Å²) < 4.78 is 148. The molecule has 0 unspecified atom stereocenters. The number of carbonyl (C=O) groups is 4. The molecule has 0 aromatic heterocycles. The van der Waals surface area contributed by atoms with Gasteiger partial charge in [0.15, 0.2) is 0 Å². The molecule has 0 fully saturated rings. The van der Waals surface area contributed by atoms with E-state index in [0.29, 0.717) is 50.4 Å². The van der Waals surface area contributed by atoms with Gasteiger partial charge in [-0.3, -0.25) is 9.59 Å². The second kappa shape index (κ2) is 26.7. The molecule has 0 aliphatic rings. The maximum absolute atomic E-state index is 14.8. The Morgan fingerprint density at radius 3 is 0.939 bits per heavy atom. The van der Waals surface area contributed by atoms with Gasteiger partial charge in [-0.05, 0) is 74.2 Å². The van der Waals surface area contributed by atoms with E-state index in [2.05, 4.69) is 32.8 Å². The van der Waals surface area contributed by atoms with Gasteiger partial charge in [-0.2, -0.15) is 35.1 Å². The van der Waals surface area contributed by atoms with Gasteiger partial charge in [0, 0.05) is 12.8 Å². The number of hydrogen-bond donors (Lipinski definition) is 0. The molecule has 66 heavy (non-hydrogen) atoms. The van der Waals surface area contributed by atoms with Crippen molar-refractivity contribution >= 4 is 23.9 Å². The fourth-order valence-corrected chi connectivity index (χ4v) is 6.23. The molecule has 0 heterocycles. The van der Waals surface area contributed by atoms with Crippen LogP contribution in [0.3, 0.4) is 0 Å². The lowest BCUT2D eigenvalue weighted by molar-refractivity contribution is -0.136. The van der Waals surface area contributed by atoms with Gasteiger partial charge in [-0.1, -0.05) is 78.1 Å². The highest BCUT2D eigenvalue weighted by atomic mass is 19.2. The van der Waals surface area contributed by atoms with Crippen LogP contribution in [0.15, 0.2) is 48.5 Å². The normalized spacial score (nSPS) is 11.0. The molecule has 0 saturated carbocycles. The minimum absolute atomic E-state index is 0.106. The molecule has 0 bridgehead atoms. The van der Waals surface area contributed by atoms with E-state index in [1.165, 1.54) is 48.5 Å². The summed E-state index contributed by atoms with van der Waals surface area (Å²) in [6, 6.07) is 10.6. The van der Waals surface area contributed by atoms with Crippen LogP contribution in [0.2, 0.25) is 0 Å². The highest BCUT2D eigenvalue weighted by Crippen LogP contribution is 2.37. The van der Waals surface area contributed by atoms with Crippen LogP contribution >= 0.6 is 0 Å². The SMILES string of the molecule is CCCCCCOc1ccc(C(=O)Oc2c(F)c(F)c(OC(=O)CCCCCCCCC(=O)Oc3c(F)c(F)c(OC(=O)c4ccc(OCCCCCC)cc4)c(F)c3F)c(F)c2F)cc1. The molecule has 0 aliphatic carbocycles. The zero-order chi connectivity index (χ0) is 48.2. The lowest BCUT2D eigenvalue weighted by Crippen LogP contribution is -2.16. The summed E-state index contributed by atoms with van der Waals surface area (Å²) in [5.41, 5.74) is -0.402. The van der Waals surface area contributed by atoms with Crippen molar-refractivity contribution < 1.29 is 82.7 Å². The predicted molar refractivity (Wildman–Crippen MR) is 223 cm³/mol. The third-order valence-corrected chi connectivity index (χ3v) is 9.91. The number of rotatable bonds is 27. The minimum Gasteiger partial charge on any atom is -0.494 e. The van der Waals surface area contributed by atoms with E-state index >= 15 is 0 Å². The molecule has 4 aromatic carbocycles. The van der Waals surface area contributed by atoms with E-state index in [4.69, 9.17) is 9.47 Å². The summed E-state index contributed by atoms with van der Waals surface area (Å²) in [4.78, 5) is 49.6. The van der Waals surface area contributed by atoms with Gasteiger partial charge in [-0.25, -0.2) is 9.59 Å². The fourth-order valence-electron chi connectivity index (χ4n) is 6.23. The highest BCUT2D eigenvalue weighted by Gasteiger charge is 2.32. The molecule has 10 nitrogen and oxygen atoms in total. The molecule has 0 atom stereocenters. The van der Waals surface area contributed by atoms with Crippen molar-refractivity contribution in [3.8, 4) is 34.5 Å². The first-order valence-corrected chi connectivity index (χ1v) is 21.7. The monoisotopic (exact) mass is 938 g/mol. The molecule has 0 radical (unpaired) electrons. The van der Waals surface area contributed by atoms with Crippen LogP contribution < -0.4 is 28.4 Å². The number of carbonyl (C=O) groups excluding carboxylic acids is 4. The number of unbranched alkanes of at least 4 members (excludes halogenated alkanes) is 11. The molecular formula is C48H50F8O10. The Balaban J connectivity index is 1.16. The molecule has 4 rings (SSSR count). The minimum atomic E-state index is -2.11. The summed E-state index contributed by atoms with van der Waals surface area (Å²) in [6.07, 6.45) is 8.74.